The Bertz CT molecular complexity index is 564. The first kappa shape index (κ1) is 15.6. The lowest BCUT2D eigenvalue weighted by atomic mass is 9.80. The molecule has 1 aromatic rings. The Balaban J connectivity index is 2.07. The minimum absolute atomic E-state index is 0.0247. The minimum Gasteiger partial charge on any atom is -0.395 e. The van der Waals surface area contributed by atoms with Crippen LogP contribution in [-0.2, 0) is 0 Å². The summed E-state index contributed by atoms with van der Waals surface area (Å²) in [6.07, 6.45) is 4.16. The molecule has 1 unspecified atom stereocenters. The largest absolute Gasteiger partial charge is 0.395 e. The highest BCUT2D eigenvalue weighted by molar-refractivity contribution is 5.95. The molecule has 21 heavy (non-hydrogen) atoms. The van der Waals surface area contributed by atoms with Crippen molar-refractivity contribution in [2.24, 2.45) is 5.92 Å². The van der Waals surface area contributed by atoms with Gasteiger partial charge in [0.15, 0.2) is 0 Å². The van der Waals surface area contributed by atoms with Crippen molar-refractivity contribution in [3.05, 3.63) is 34.9 Å². The minimum atomic E-state index is -0.0247. The van der Waals surface area contributed by atoms with E-state index >= 15 is 0 Å². The number of rotatable bonds is 4. The number of carbonyl (C=O) groups excluding carboxylic acids is 1. The number of nitrogens with one attached hydrogen (secondary N) is 1. The maximum absolute atomic E-state index is 12.3. The van der Waals surface area contributed by atoms with Crippen LogP contribution in [0.15, 0.2) is 18.2 Å². The molecule has 0 saturated heterocycles. The number of hydrogen-bond acceptors (Lipinski definition) is 2. The summed E-state index contributed by atoms with van der Waals surface area (Å²) in [5.41, 5.74) is 2.51. The molecule has 1 amide bonds. The van der Waals surface area contributed by atoms with E-state index in [2.05, 4.69) is 24.1 Å². The monoisotopic (exact) mass is 285 g/mol. The van der Waals surface area contributed by atoms with Gasteiger partial charge < -0.3 is 10.4 Å². The molecule has 0 bridgehead atoms. The van der Waals surface area contributed by atoms with E-state index in [1.54, 1.807) is 0 Å². The summed E-state index contributed by atoms with van der Waals surface area (Å²) in [4.78, 5) is 12.3. The van der Waals surface area contributed by atoms with E-state index in [1.807, 2.05) is 25.1 Å². The molecule has 112 valence electrons. The van der Waals surface area contributed by atoms with Gasteiger partial charge in [-0.25, -0.2) is 0 Å². The molecule has 1 aliphatic rings. The molecule has 1 atom stereocenters. The molecule has 2 N–H and O–H groups in total. The molecule has 1 saturated carbocycles. The van der Waals surface area contributed by atoms with E-state index in [1.165, 1.54) is 19.3 Å². The molecule has 0 spiro atoms. The third kappa shape index (κ3) is 4.34. The van der Waals surface area contributed by atoms with E-state index in [0.29, 0.717) is 17.9 Å². The molecule has 0 radical (unpaired) electrons. The lowest BCUT2D eigenvalue weighted by Gasteiger charge is -2.31. The Morgan fingerprint density at radius 2 is 2.19 bits per heavy atom. The molecule has 0 aliphatic heterocycles. The second kappa shape index (κ2) is 7.28. The lowest BCUT2D eigenvalue weighted by molar-refractivity contribution is 0.0909. The average Bonchev–Trinajstić information content (AvgIpc) is 2.36. The first-order valence-corrected chi connectivity index (χ1v) is 7.62. The molecule has 3 heteroatoms. The van der Waals surface area contributed by atoms with Crippen molar-refractivity contribution in [2.75, 3.05) is 6.61 Å². The van der Waals surface area contributed by atoms with Gasteiger partial charge in [-0.3, -0.25) is 4.79 Å². The van der Waals surface area contributed by atoms with Crippen LogP contribution >= 0.6 is 0 Å². The molecular weight excluding hydrogens is 262 g/mol. The second-order valence-corrected chi connectivity index (χ2v) is 5.82. The predicted octanol–water partition coefficient (Wildman–Crippen LogP) is 2.65. The second-order valence-electron chi connectivity index (χ2n) is 5.82. The summed E-state index contributed by atoms with van der Waals surface area (Å²) in [6.45, 7) is 4.11. The zero-order valence-electron chi connectivity index (χ0n) is 12.8. The van der Waals surface area contributed by atoms with Crippen molar-refractivity contribution in [1.82, 2.24) is 5.32 Å². The van der Waals surface area contributed by atoms with Gasteiger partial charge in [-0.15, -0.1) is 0 Å². The van der Waals surface area contributed by atoms with Gasteiger partial charge in [-0.05, 0) is 56.4 Å². The van der Waals surface area contributed by atoms with Crippen molar-refractivity contribution < 1.29 is 9.90 Å². The smallest absolute Gasteiger partial charge is 0.251 e. The third-order valence-corrected chi connectivity index (χ3v) is 4.02. The Morgan fingerprint density at radius 3 is 2.81 bits per heavy atom. The van der Waals surface area contributed by atoms with Gasteiger partial charge in [-0.2, -0.15) is 0 Å². The fraction of sp³-hybridized carbons (Fsp3) is 0.500. The number of aliphatic hydroxyl groups is 1. The summed E-state index contributed by atoms with van der Waals surface area (Å²) in [7, 11) is 0. The Labute approximate surface area is 126 Å². The molecule has 0 heterocycles. The Morgan fingerprint density at radius 1 is 1.43 bits per heavy atom. The van der Waals surface area contributed by atoms with Crippen LogP contribution in [0, 0.1) is 24.7 Å². The quantitative estimate of drug-likeness (QED) is 0.836. The molecule has 1 aliphatic carbocycles. The first-order valence-electron chi connectivity index (χ1n) is 7.62. The van der Waals surface area contributed by atoms with E-state index < -0.39 is 0 Å². The standard InChI is InChI=1S/C18H23NO2/c1-13-10-15(6-3-4-9-20)12-17(11-13)18(21)19-14(2)16-7-5-8-16/h10-12,14,16,20H,4-5,7-9H2,1-2H3,(H,19,21). The lowest BCUT2D eigenvalue weighted by Crippen LogP contribution is -2.40. The van der Waals surface area contributed by atoms with E-state index in [9.17, 15) is 4.79 Å². The maximum atomic E-state index is 12.3. The van der Waals surface area contributed by atoms with Crippen molar-refractivity contribution in [3.8, 4) is 11.8 Å². The van der Waals surface area contributed by atoms with Crippen LogP contribution in [0.5, 0.6) is 0 Å². The zero-order chi connectivity index (χ0) is 15.2. The summed E-state index contributed by atoms with van der Waals surface area (Å²) < 4.78 is 0. The van der Waals surface area contributed by atoms with Crippen LogP contribution in [0.25, 0.3) is 0 Å². The summed E-state index contributed by atoms with van der Waals surface area (Å²) in [5, 5.41) is 11.8. The van der Waals surface area contributed by atoms with Gasteiger partial charge >= 0.3 is 0 Å². The highest BCUT2D eigenvalue weighted by Crippen LogP contribution is 2.29. The molecule has 1 aromatic carbocycles. The molecule has 1 fully saturated rings. The number of hydrogen-bond donors (Lipinski definition) is 2. The topological polar surface area (TPSA) is 49.3 Å². The summed E-state index contributed by atoms with van der Waals surface area (Å²) >= 11 is 0. The fourth-order valence-corrected chi connectivity index (χ4v) is 2.55. The number of amides is 1. The highest BCUT2D eigenvalue weighted by atomic mass is 16.2. The summed E-state index contributed by atoms with van der Waals surface area (Å²) in [5.74, 6) is 6.48. The van der Waals surface area contributed by atoms with Crippen LogP contribution in [0.2, 0.25) is 0 Å². The van der Waals surface area contributed by atoms with Gasteiger partial charge in [-0.1, -0.05) is 18.3 Å². The molecule has 0 aromatic heterocycles. The normalized spacial score (nSPS) is 15.6. The van der Waals surface area contributed by atoms with Crippen molar-refractivity contribution in [3.63, 3.8) is 0 Å². The van der Waals surface area contributed by atoms with Crippen LogP contribution in [0.3, 0.4) is 0 Å². The number of aliphatic hydroxyl groups excluding tert-OH is 1. The van der Waals surface area contributed by atoms with Gasteiger partial charge in [0.1, 0.15) is 0 Å². The van der Waals surface area contributed by atoms with Gasteiger partial charge in [0.05, 0.1) is 6.61 Å². The molecular formula is C18H23NO2. The van der Waals surface area contributed by atoms with Gasteiger partial charge in [0, 0.05) is 23.6 Å². The maximum Gasteiger partial charge on any atom is 0.251 e. The highest BCUT2D eigenvalue weighted by Gasteiger charge is 2.25. The number of carbonyl (C=O) groups is 1. The van der Waals surface area contributed by atoms with Gasteiger partial charge in [0.25, 0.3) is 5.91 Å². The average molecular weight is 285 g/mol. The van der Waals surface area contributed by atoms with Crippen LogP contribution in [0.4, 0.5) is 0 Å². The van der Waals surface area contributed by atoms with E-state index in [4.69, 9.17) is 5.11 Å². The van der Waals surface area contributed by atoms with Crippen molar-refractivity contribution in [2.45, 2.75) is 45.6 Å². The van der Waals surface area contributed by atoms with Crippen LogP contribution < -0.4 is 5.32 Å². The SMILES string of the molecule is Cc1cc(C#CCCO)cc(C(=O)NC(C)C2CCC2)c1. The molecule has 3 nitrogen and oxygen atoms in total. The fourth-order valence-electron chi connectivity index (χ4n) is 2.55. The third-order valence-electron chi connectivity index (χ3n) is 4.02. The molecule has 2 rings (SSSR count). The van der Waals surface area contributed by atoms with Crippen molar-refractivity contribution in [1.29, 1.82) is 0 Å². The predicted molar refractivity (Wildman–Crippen MR) is 84.0 cm³/mol. The Kier molecular flexibility index (Phi) is 5.41. The number of aryl methyl sites for hydroxylation is 1. The van der Waals surface area contributed by atoms with E-state index in [-0.39, 0.29) is 18.6 Å². The van der Waals surface area contributed by atoms with E-state index in [0.717, 1.165) is 11.1 Å². The Hall–Kier alpha value is -1.79. The first-order chi connectivity index (χ1) is 10.1. The van der Waals surface area contributed by atoms with Crippen molar-refractivity contribution >= 4 is 5.91 Å². The number of benzene rings is 1. The van der Waals surface area contributed by atoms with Gasteiger partial charge in [0.2, 0.25) is 0 Å². The van der Waals surface area contributed by atoms with Crippen LogP contribution in [-0.4, -0.2) is 23.7 Å². The summed E-state index contributed by atoms with van der Waals surface area (Å²) in [6, 6.07) is 5.90. The van der Waals surface area contributed by atoms with Crippen LogP contribution in [0.1, 0.15) is 54.1 Å². The zero-order valence-corrected chi connectivity index (χ0v) is 12.8.